The zero-order valence-corrected chi connectivity index (χ0v) is 29.4. The van der Waals surface area contributed by atoms with E-state index in [9.17, 15) is 0 Å². The van der Waals surface area contributed by atoms with Crippen LogP contribution in [0, 0.1) is 23.7 Å². The fraction of sp³-hybridized carbons (Fsp3) is 0.375. The van der Waals surface area contributed by atoms with Gasteiger partial charge >= 0.3 is 0 Å². The second kappa shape index (κ2) is 12.8. The molecule has 3 aromatic rings. The lowest BCUT2D eigenvalue weighted by molar-refractivity contribution is 0.224. The van der Waals surface area contributed by atoms with Crippen molar-refractivity contribution in [3.8, 4) is 5.69 Å². The summed E-state index contributed by atoms with van der Waals surface area (Å²) in [6.07, 6.45) is 44.9. The lowest BCUT2D eigenvalue weighted by atomic mass is 9.76. The van der Waals surface area contributed by atoms with Crippen LogP contribution in [0.3, 0.4) is 0 Å². The van der Waals surface area contributed by atoms with Crippen molar-refractivity contribution in [1.29, 1.82) is 0 Å². The first-order chi connectivity index (χ1) is 24.8. The van der Waals surface area contributed by atoms with Gasteiger partial charge in [-0.1, -0.05) is 91.1 Å². The van der Waals surface area contributed by atoms with Crippen molar-refractivity contribution in [2.45, 2.75) is 89.1 Å². The summed E-state index contributed by atoms with van der Waals surface area (Å²) in [4.78, 5) is 2.94. The molecule has 0 radical (unpaired) electrons. The van der Waals surface area contributed by atoms with E-state index < -0.39 is 0 Å². The van der Waals surface area contributed by atoms with Crippen LogP contribution in [0.1, 0.15) is 81.0 Å². The summed E-state index contributed by atoms with van der Waals surface area (Å²) in [5, 5.41) is 1.46. The third-order valence-electron chi connectivity index (χ3n) is 13.2. The lowest BCUT2D eigenvalue weighted by Gasteiger charge is -2.40. The van der Waals surface area contributed by atoms with E-state index in [0.29, 0.717) is 29.8 Å². The van der Waals surface area contributed by atoms with E-state index in [1.54, 1.807) is 11.3 Å². The summed E-state index contributed by atoms with van der Waals surface area (Å²) in [7, 11) is 0. The molecule has 10 rings (SSSR count). The van der Waals surface area contributed by atoms with Gasteiger partial charge in [0.1, 0.15) is 0 Å². The number of fused-ring (bicyclic) bond motifs is 6. The molecule has 0 amide bonds. The number of benzene rings is 2. The molecule has 2 nitrogen and oxygen atoms in total. The van der Waals surface area contributed by atoms with Gasteiger partial charge in [-0.25, -0.2) is 0 Å². The highest BCUT2D eigenvalue weighted by Crippen LogP contribution is 2.50. The van der Waals surface area contributed by atoms with Crippen LogP contribution in [-0.4, -0.2) is 21.6 Å². The molecule has 50 heavy (non-hydrogen) atoms. The lowest BCUT2D eigenvalue weighted by Crippen LogP contribution is -2.39. The van der Waals surface area contributed by atoms with Crippen molar-refractivity contribution >= 4 is 16.5 Å². The fourth-order valence-electron chi connectivity index (χ4n) is 10.8. The van der Waals surface area contributed by atoms with Gasteiger partial charge in [0.25, 0.3) is 0 Å². The van der Waals surface area contributed by atoms with E-state index in [1.807, 2.05) is 0 Å². The van der Waals surface area contributed by atoms with Crippen molar-refractivity contribution in [1.82, 2.24) is 9.47 Å². The van der Waals surface area contributed by atoms with Crippen LogP contribution in [-0.2, 0) is 12.8 Å². The normalized spacial score (nSPS) is 30.0. The molecular formula is C48H50N2. The summed E-state index contributed by atoms with van der Waals surface area (Å²) in [5.74, 6) is 2.45. The molecule has 2 aromatic carbocycles. The van der Waals surface area contributed by atoms with Crippen LogP contribution in [0.15, 0.2) is 138 Å². The molecule has 0 N–H and O–H groups in total. The Morgan fingerprint density at radius 1 is 0.700 bits per heavy atom. The first-order valence-corrected chi connectivity index (χ1v) is 19.8. The minimum atomic E-state index is 0.389. The first kappa shape index (κ1) is 30.5. The second-order valence-electron chi connectivity index (χ2n) is 16.0. The van der Waals surface area contributed by atoms with Crippen molar-refractivity contribution in [2.24, 2.45) is 23.7 Å². The Bertz CT molecular complexity index is 2050. The maximum atomic E-state index is 2.94. The molecule has 6 aliphatic carbocycles. The molecule has 252 valence electrons. The Balaban J connectivity index is 1.05. The molecular weight excluding hydrogens is 605 g/mol. The number of para-hydroxylation sites is 1. The highest BCUT2D eigenvalue weighted by molar-refractivity contribution is 5.92. The SMILES string of the molecule is C1=CC(C2=CC(C3CC=CCC3)CC(N3C4C=C(c5ccc6c(c5)c5c(n6-c6ccccc6)CCCC5)C=CC4C4C=CCCC43)=C2)=CCC1. The maximum absolute atomic E-state index is 2.94. The van der Waals surface area contributed by atoms with E-state index in [4.69, 9.17) is 0 Å². The van der Waals surface area contributed by atoms with Crippen molar-refractivity contribution in [3.63, 3.8) is 0 Å². The topological polar surface area (TPSA) is 8.17 Å². The van der Waals surface area contributed by atoms with Gasteiger partial charge in [-0.15, -0.1) is 0 Å². The van der Waals surface area contributed by atoms with Gasteiger partial charge in [0.05, 0.1) is 11.6 Å². The number of nitrogens with zero attached hydrogens (tertiary/aromatic N) is 2. The smallest absolute Gasteiger partial charge is 0.0551 e. The summed E-state index contributed by atoms with van der Waals surface area (Å²) in [6.45, 7) is 0. The summed E-state index contributed by atoms with van der Waals surface area (Å²) in [6, 6.07) is 19.3. The number of allylic oxidation sites excluding steroid dienone is 13. The predicted molar refractivity (Wildman–Crippen MR) is 209 cm³/mol. The summed E-state index contributed by atoms with van der Waals surface area (Å²) >= 11 is 0. The van der Waals surface area contributed by atoms with Crippen molar-refractivity contribution < 1.29 is 0 Å². The molecule has 6 unspecified atom stereocenters. The average Bonchev–Trinajstić information content (AvgIpc) is 3.71. The second-order valence-corrected chi connectivity index (χ2v) is 16.0. The standard InChI is InChI=1S/C48H50N2/c1-4-14-33(15-5-1)37-28-38(34-16-6-2-7-17-34)30-40(29-37)50-45-22-12-10-20-41(45)43-26-24-36(32-48(43)50)35-25-27-47-44(31-35)42-21-11-13-23-46(42)49(47)39-18-8-3-9-19-39/h1,3-4,6,8-10,16-20,24-28,30-33,37,41,43,45,48H,2,5,7,11-15,21-23,29H2. The van der Waals surface area contributed by atoms with Crippen LogP contribution in [0.4, 0.5) is 0 Å². The van der Waals surface area contributed by atoms with Crippen LogP contribution < -0.4 is 0 Å². The molecule has 0 spiro atoms. The maximum Gasteiger partial charge on any atom is 0.0551 e. The highest BCUT2D eigenvalue weighted by atomic mass is 15.2. The molecule has 0 saturated carbocycles. The van der Waals surface area contributed by atoms with Gasteiger partial charge in [-0.2, -0.15) is 0 Å². The number of aromatic nitrogens is 1. The van der Waals surface area contributed by atoms with Crippen LogP contribution in [0.25, 0.3) is 22.2 Å². The van der Waals surface area contributed by atoms with E-state index >= 15 is 0 Å². The molecule has 2 heteroatoms. The van der Waals surface area contributed by atoms with Gasteiger partial charge in [0.2, 0.25) is 0 Å². The quantitative estimate of drug-likeness (QED) is 0.249. The zero-order chi connectivity index (χ0) is 33.0. The summed E-state index contributed by atoms with van der Waals surface area (Å²) < 4.78 is 2.56. The molecule has 1 fully saturated rings. The average molecular weight is 655 g/mol. The molecule has 1 aromatic heterocycles. The Morgan fingerprint density at radius 2 is 1.62 bits per heavy atom. The molecule has 0 bridgehead atoms. The monoisotopic (exact) mass is 654 g/mol. The first-order valence-electron chi connectivity index (χ1n) is 19.8. The Morgan fingerprint density at radius 3 is 2.50 bits per heavy atom. The zero-order valence-electron chi connectivity index (χ0n) is 29.4. The van der Waals surface area contributed by atoms with Gasteiger partial charge in [0, 0.05) is 40.3 Å². The molecule has 1 aliphatic heterocycles. The predicted octanol–water partition coefficient (Wildman–Crippen LogP) is 11.6. The Labute approximate surface area is 298 Å². The van der Waals surface area contributed by atoms with E-state index in [-0.39, 0.29) is 0 Å². The van der Waals surface area contributed by atoms with E-state index in [1.165, 1.54) is 115 Å². The van der Waals surface area contributed by atoms with Gasteiger partial charge in [-0.3, -0.25) is 0 Å². The van der Waals surface area contributed by atoms with Crippen molar-refractivity contribution in [3.05, 3.63) is 155 Å². The van der Waals surface area contributed by atoms with E-state index in [0.717, 1.165) is 12.3 Å². The van der Waals surface area contributed by atoms with E-state index in [2.05, 4.69) is 131 Å². The van der Waals surface area contributed by atoms with Crippen molar-refractivity contribution in [2.75, 3.05) is 0 Å². The number of aryl methyl sites for hydroxylation is 1. The van der Waals surface area contributed by atoms with Gasteiger partial charge in [0.15, 0.2) is 0 Å². The largest absolute Gasteiger partial charge is 0.364 e. The Kier molecular flexibility index (Phi) is 7.81. The van der Waals surface area contributed by atoms with Crippen LogP contribution >= 0.6 is 0 Å². The van der Waals surface area contributed by atoms with Crippen LogP contribution in [0.5, 0.6) is 0 Å². The van der Waals surface area contributed by atoms with Crippen LogP contribution in [0.2, 0.25) is 0 Å². The van der Waals surface area contributed by atoms with Gasteiger partial charge in [-0.05, 0) is 147 Å². The molecule has 6 atom stereocenters. The number of rotatable bonds is 5. The molecule has 1 saturated heterocycles. The number of likely N-dealkylation sites (tertiary alicyclic amines) is 1. The highest BCUT2D eigenvalue weighted by Gasteiger charge is 2.48. The molecule has 2 heterocycles. The van der Waals surface area contributed by atoms with Gasteiger partial charge < -0.3 is 9.47 Å². The Hall–Kier alpha value is -4.30. The third-order valence-corrected chi connectivity index (χ3v) is 13.2. The minimum absolute atomic E-state index is 0.389. The fourth-order valence-corrected chi connectivity index (χ4v) is 10.8. The minimum Gasteiger partial charge on any atom is -0.364 e. The molecule has 7 aliphatic rings. The number of hydrogen-bond donors (Lipinski definition) is 0. The third kappa shape index (κ3) is 5.21. The summed E-state index contributed by atoms with van der Waals surface area (Å²) in [5.41, 5.74) is 13.0. The number of hydrogen-bond acceptors (Lipinski definition) is 1.